The van der Waals surface area contributed by atoms with Gasteiger partial charge in [-0.1, -0.05) is 0 Å². The van der Waals surface area contributed by atoms with Crippen LogP contribution in [0.4, 0.5) is 8.78 Å². The van der Waals surface area contributed by atoms with Crippen molar-refractivity contribution in [1.82, 2.24) is 35.0 Å². The van der Waals surface area contributed by atoms with Crippen LogP contribution >= 0.6 is 0 Å². The van der Waals surface area contributed by atoms with Crippen molar-refractivity contribution in [1.29, 1.82) is 0 Å². The van der Waals surface area contributed by atoms with Crippen molar-refractivity contribution >= 4 is 17.5 Å². The van der Waals surface area contributed by atoms with Gasteiger partial charge >= 0.3 is 0 Å². The first-order valence-electron chi connectivity index (χ1n) is 13.7. The van der Waals surface area contributed by atoms with Crippen molar-refractivity contribution in [2.45, 2.75) is 83.4 Å². The maximum absolute atomic E-state index is 14.0. The third kappa shape index (κ3) is 5.80. The monoisotopic (exact) mass is 543 g/mol. The van der Waals surface area contributed by atoms with Gasteiger partial charge in [-0.2, -0.15) is 10.2 Å². The highest BCUT2D eigenvalue weighted by molar-refractivity contribution is 5.92. The lowest BCUT2D eigenvalue weighted by Gasteiger charge is -2.33. The molecule has 1 saturated heterocycles. The lowest BCUT2D eigenvalue weighted by atomic mass is 9.81. The number of hydrogen-bond donors (Lipinski definition) is 3. The fraction of sp³-hybridized carbons (Fsp3) is 0.593. The first-order valence-corrected chi connectivity index (χ1v) is 13.7. The van der Waals surface area contributed by atoms with Crippen LogP contribution in [0.15, 0.2) is 24.5 Å². The number of imidazole rings is 1. The molecule has 3 aromatic heterocycles. The Kier molecular flexibility index (Phi) is 7.66. The zero-order chi connectivity index (χ0) is 27.7. The molecule has 1 aliphatic carbocycles. The van der Waals surface area contributed by atoms with E-state index in [-0.39, 0.29) is 49.3 Å². The molecule has 4 heterocycles. The minimum Gasteiger partial charge on any atom is -0.389 e. The number of amides is 2. The minimum absolute atomic E-state index is 0.0193. The molecule has 0 spiro atoms. The van der Waals surface area contributed by atoms with E-state index in [2.05, 4.69) is 15.7 Å². The Labute approximate surface area is 225 Å². The third-order valence-corrected chi connectivity index (χ3v) is 7.96. The quantitative estimate of drug-likeness (QED) is 0.400. The molecule has 2 amide bonds. The van der Waals surface area contributed by atoms with Crippen LogP contribution < -0.4 is 10.6 Å². The van der Waals surface area contributed by atoms with Crippen molar-refractivity contribution in [2.24, 2.45) is 11.8 Å². The van der Waals surface area contributed by atoms with Gasteiger partial charge in [-0.15, -0.1) is 0 Å². The van der Waals surface area contributed by atoms with Crippen LogP contribution in [0.5, 0.6) is 0 Å². The number of carbonyl (C=O) groups is 2. The molecule has 2 fully saturated rings. The van der Waals surface area contributed by atoms with Gasteiger partial charge in [-0.25, -0.2) is 18.3 Å². The van der Waals surface area contributed by atoms with Gasteiger partial charge in [0.15, 0.2) is 5.65 Å². The standard InChI is InChI=1S/C27H35F2N7O3/c1-3-35-22(8-12-31-35)26(39)33-24(17-6-9-27(28,29)10-7-17)21-15-36-23(32-21)14-19(16(2)37)20(34-36)13-18-5-4-11-30-25(18)38/h8,12,14-18,24,37H,3-7,9-11,13H2,1-2H3,(H,30,38)(H,33,39). The summed E-state index contributed by atoms with van der Waals surface area (Å²) in [6.45, 7) is 4.70. The summed E-state index contributed by atoms with van der Waals surface area (Å²) in [5, 5.41) is 25.3. The highest BCUT2D eigenvalue weighted by Gasteiger charge is 2.39. The predicted molar refractivity (Wildman–Crippen MR) is 138 cm³/mol. The van der Waals surface area contributed by atoms with E-state index in [0.717, 1.165) is 12.8 Å². The number of aliphatic hydroxyl groups excluding tert-OH is 1. The van der Waals surface area contributed by atoms with Crippen LogP contribution in [0.3, 0.4) is 0 Å². The van der Waals surface area contributed by atoms with Crippen LogP contribution in [0.25, 0.3) is 5.65 Å². The van der Waals surface area contributed by atoms with E-state index in [1.807, 2.05) is 6.92 Å². The Morgan fingerprint density at radius 2 is 2.08 bits per heavy atom. The molecule has 0 aromatic carbocycles. The number of piperidine rings is 1. The first-order chi connectivity index (χ1) is 18.6. The van der Waals surface area contributed by atoms with E-state index in [1.165, 1.54) is 0 Å². The smallest absolute Gasteiger partial charge is 0.270 e. The van der Waals surface area contributed by atoms with E-state index in [9.17, 15) is 23.5 Å². The SMILES string of the molecule is CCn1nccc1C(=O)NC(c1cn2nc(CC3CCCNC3=O)c(C(C)O)cc2n1)C1CCC(F)(F)CC1. The first kappa shape index (κ1) is 27.2. The number of aryl methyl sites for hydroxylation is 1. The second-order valence-electron chi connectivity index (χ2n) is 10.7. The molecular weight excluding hydrogens is 508 g/mol. The molecule has 0 bridgehead atoms. The Bertz CT molecular complexity index is 1340. The largest absolute Gasteiger partial charge is 0.389 e. The van der Waals surface area contributed by atoms with Gasteiger partial charge in [-0.3, -0.25) is 14.3 Å². The van der Waals surface area contributed by atoms with Crippen LogP contribution in [0, 0.1) is 11.8 Å². The van der Waals surface area contributed by atoms with Gasteiger partial charge < -0.3 is 15.7 Å². The lowest BCUT2D eigenvalue weighted by Crippen LogP contribution is -2.38. The number of rotatable bonds is 8. The van der Waals surface area contributed by atoms with Crippen LogP contribution in [0.1, 0.15) is 92.0 Å². The number of fused-ring (bicyclic) bond motifs is 1. The second kappa shape index (κ2) is 11.0. The van der Waals surface area contributed by atoms with E-state index in [4.69, 9.17) is 10.1 Å². The van der Waals surface area contributed by atoms with Crippen molar-refractivity contribution in [3.8, 4) is 0 Å². The van der Waals surface area contributed by atoms with Crippen LogP contribution in [-0.4, -0.2) is 53.8 Å². The Hall–Kier alpha value is -3.41. The van der Waals surface area contributed by atoms with E-state index in [1.54, 1.807) is 40.6 Å². The van der Waals surface area contributed by atoms with Gasteiger partial charge in [0.25, 0.3) is 5.91 Å². The Balaban J connectivity index is 1.49. The van der Waals surface area contributed by atoms with Gasteiger partial charge in [0.2, 0.25) is 11.8 Å². The molecule has 10 nitrogen and oxygen atoms in total. The molecule has 3 unspecified atom stereocenters. The summed E-state index contributed by atoms with van der Waals surface area (Å²) in [4.78, 5) is 30.4. The van der Waals surface area contributed by atoms with Crippen molar-refractivity contribution < 1.29 is 23.5 Å². The summed E-state index contributed by atoms with van der Waals surface area (Å²) in [5.41, 5.74) is 2.56. The fourth-order valence-electron chi connectivity index (χ4n) is 5.75. The summed E-state index contributed by atoms with van der Waals surface area (Å²) in [5.74, 6) is -3.55. The molecule has 0 radical (unpaired) electrons. The minimum atomic E-state index is -2.71. The van der Waals surface area contributed by atoms with Crippen molar-refractivity contribution in [2.75, 3.05) is 6.54 Å². The number of halogens is 2. The topological polar surface area (TPSA) is 126 Å². The summed E-state index contributed by atoms with van der Waals surface area (Å²) in [6.07, 6.45) is 4.44. The van der Waals surface area contributed by atoms with Crippen LogP contribution in [-0.2, 0) is 17.8 Å². The molecule has 3 aromatic rings. The Morgan fingerprint density at radius 1 is 1.31 bits per heavy atom. The summed E-state index contributed by atoms with van der Waals surface area (Å²) >= 11 is 0. The summed E-state index contributed by atoms with van der Waals surface area (Å²) in [7, 11) is 0. The number of carbonyl (C=O) groups excluding carboxylic acids is 2. The molecule has 1 saturated carbocycles. The molecular formula is C27H35F2N7O3. The van der Waals surface area contributed by atoms with Crippen molar-refractivity contribution in [3.05, 3.63) is 47.2 Å². The van der Waals surface area contributed by atoms with E-state index >= 15 is 0 Å². The molecule has 3 atom stereocenters. The maximum atomic E-state index is 14.0. The zero-order valence-corrected chi connectivity index (χ0v) is 22.2. The molecule has 39 heavy (non-hydrogen) atoms. The summed E-state index contributed by atoms with van der Waals surface area (Å²) in [6, 6.07) is 2.76. The fourth-order valence-corrected chi connectivity index (χ4v) is 5.75. The molecule has 2 aliphatic rings. The zero-order valence-electron chi connectivity index (χ0n) is 22.2. The maximum Gasteiger partial charge on any atom is 0.270 e. The van der Waals surface area contributed by atoms with Crippen molar-refractivity contribution in [3.63, 3.8) is 0 Å². The summed E-state index contributed by atoms with van der Waals surface area (Å²) < 4.78 is 31.2. The van der Waals surface area contributed by atoms with Gasteiger partial charge in [0, 0.05) is 50.0 Å². The highest BCUT2D eigenvalue weighted by Crippen LogP contribution is 2.41. The van der Waals surface area contributed by atoms with Crippen LogP contribution in [0.2, 0.25) is 0 Å². The lowest BCUT2D eigenvalue weighted by molar-refractivity contribution is -0.126. The van der Waals surface area contributed by atoms with Gasteiger partial charge in [0.05, 0.1) is 29.7 Å². The average Bonchev–Trinajstić information content (AvgIpc) is 3.55. The number of nitrogens with one attached hydrogen (secondary N) is 2. The Morgan fingerprint density at radius 3 is 2.77 bits per heavy atom. The van der Waals surface area contributed by atoms with E-state index in [0.29, 0.717) is 47.8 Å². The average molecular weight is 544 g/mol. The second-order valence-corrected chi connectivity index (χ2v) is 10.7. The number of alkyl halides is 2. The number of aromatic nitrogens is 5. The predicted octanol–water partition coefficient (Wildman–Crippen LogP) is 3.36. The molecule has 12 heteroatoms. The number of aliphatic hydroxyl groups is 1. The number of nitrogens with zero attached hydrogens (tertiary/aromatic N) is 5. The van der Waals surface area contributed by atoms with Gasteiger partial charge in [0.1, 0.15) is 5.69 Å². The normalized spacial score (nSPS) is 21.5. The molecule has 210 valence electrons. The van der Waals surface area contributed by atoms with Gasteiger partial charge in [-0.05, 0) is 57.6 Å². The van der Waals surface area contributed by atoms with E-state index < -0.39 is 18.1 Å². The molecule has 5 rings (SSSR count). The third-order valence-electron chi connectivity index (χ3n) is 7.96. The molecule has 3 N–H and O–H groups in total. The number of hydrogen-bond acceptors (Lipinski definition) is 6. The highest BCUT2D eigenvalue weighted by atomic mass is 19.3. The molecule has 1 aliphatic heterocycles.